The largest absolute Gasteiger partial charge is 0.418 e. The van der Waals surface area contributed by atoms with Crippen LogP contribution >= 0.6 is 22.6 Å². The van der Waals surface area contributed by atoms with Crippen LogP contribution in [0.3, 0.4) is 0 Å². The molecule has 3 rings (SSSR count). The molecule has 0 spiro atoms. The van der Waals surface area contributed by atoms with Crippen LogP contribution in [0, 0.1) is 3.70 Å². The summed E-state index contributed by atoms with van der Waals surface area (Å²) in [5, 5.41) is 0. The molecule has 3 aromatic rings. The van der Waals surface area contributed by atoms with Crippen LogP contribution in [0.4, 0.5) is 0 Å². The average Bonchev–Trinajstić information content (AvgIpc) is 2.76. The maximum atomic E-state index is 5.57. The molecule has 0 saturated carbocycles. The Balaban J connectivity index is 2.23. The van der Waals surface area contributed by atoms with E-state index in [0.29, 0.717) is 17.1 Å². The van der Waals surface area contributed by atoms with Crippen LogP contribution in [-0.4, -0.2) is 15.0 Å². The Morgan fingerprint density at radius 1 is 1.06 bits per heavy atom. The van der Waals surface area contributed by atoms with Gasteiger partial charge in [0, 0.05) is 5.56 Å². The third-order valence-corrected chi connectivity index (χ3v) is 2.96. The molecular weight excluding hydrogens is 317 g/mol. The summed E-state index contributed by atoms with van der Waals surface area (Å²) >= 11 is 2.12. The molecule has 2 aromatic heterocycles. The molecular formula is C11H6IN3O. The predicted octanol–water partition coefficient (Wildman–Crippen LogP) is 2.89. The normalized spacial score (nSPS) is 10.8. The summed E-state index contributed by atoms with van der Waals surface area (Å²) in [6.45, 7) is 0. The summed E-state index contributed by atoms with van der Waals surface area (Å²) in [4.78, 5) is 12.5. The molecule has 0 aliphatic rings. The highest BCUT2D eigenvalue weighted by molar-refractivity contribution is 14.1. The van der Waals surface area contributed by atoms with E-state index >= 15 is 0 Å². The van der Waals surface area contributed by atoms with E-state index in [-0.39, 0.29) is 0 Å². The van der Waals surface area contributed by atoms with Crippen molar-refractivity contribution in [1.82, 2.24) is 15.0 Å². The minimum absolute atomic E-state index is 0.526. The molecule has 0 unspecified atom stereocenters. The fourth-order valence-corrected chi connectivity index (χ4v) is 1.91. The molecule has 0 aliphatic carbocycles. The van der Waals surface area contributed by atoms with Crippen LogP contribution in [0.15, 0.2) is 41.1 Å². The lowest BCUT2D eigenvalue weighted by molar-refractivity contribution is 0.607. The van der Waals surface area contributed by atoms with Crippen LogP contribution in [0.2, 0.25) is 0 Å². The first-order valence-electron chi connectivity index (χ1n) is 4.67. The van der Waals surface area contributed by atoms with E-state index in [1.165, 1.54) is 6.33 Å². The molecule has 2 heterocycles. The third-order valence-electron chi connectivity index (χ3n) is 2.17. The molecule has 0 N–H and O–H groups in total. The zero-order valence-electron chi connectivity index (χ0n) is 8.09. The van der Waals surface area contributed by atoms with Gasteiger partial charge in [-0.1, -0.05) is 18.2 Å². The molecule has 0 fully saturated rings. The first kappa shape index (κ1) is 9.71. The van der Waals surface area contributed by atoms with E-state index in [2.05, 4.69) is 37.5 Å². The molecule has 4 nitrogen and oxygen atoms in total. The second kappa shape index (κ2) is 3.82. The average molecular weight is 323 g/mol. The van der Waals surface area contributed by atoms with Gasteiger partial charge in [-0.15, -0.1) is 0 Å². The Hall–Kier alpha value is -1.50. The lowest BCUT2D eigenvalue weighted by atomic mass is 10.2. The third kappa shape index (κ3) is 1.57. The maximum Gasteiger partial charge on any atom is 0.251 e. The molecule has 0 atom stereocenters. The van der Waals surface area contributed by atoms with Gasteiger partial charge in [-0.25, -0.2) is 9.97 Å². The van der Waals surface area contributed by atoms with Crippen molar-refractivity contribution in [3.8, 4) is 11.5 Å². The van der Waals surface area contributed by atoms with Crippen molar-refractivity contribution >= 4 is 33.8 Å². The summed E-state index contributed by atoms with van der Waals surface area (Å²) in [6, 6.07) is 9.74. The van der Waals surface area contributed by atoms with Crippen molar-refractivity contribution in [2.75, 3.05) is 0 Å². The monoisotopic (exact) mass is 323 g/mol. The molecule has 78 valence electrons. The van der Waals surface area contributed by atoms with Gasteiger partial charge in [0.05, 0.1) is 0 Å². The highest BCUT2D eigenvalue weighted by Gasteiger charge is 2.11. The molecule has 16 heavy (non-hydrogen) atoms. The van der Waals surface area contributed by atoms with E-state index in [1.54, 1.807) is 0 Å². The topological polar surface area (TPSA) is 51.8 Å². The standard InChI is InChI=1S/C11H6IN3O/c12-9-8-11(14-6-13-9)16-10(15-8)7-4-2-1-3-5-7/h1-6H. The number of benzene rings is 1. The highest BCUT2D eigenvalue weighted by Crippen LogP contribution is 2.24. The zero-order valence-corrected chi connectivity index (χ0v) is 10.2. The molecule has 0 aliphatic heterocycles. The molecule has 1 aromatic carbocycles. The van der Waals surface area contributed by atoms with E-state index in [1.807, 2.05) is 30.3 Å². The lowest BCUT2D eigenvalue weighted by Crippen LogP contribution is -1.83. The van der Waals surface area contributed by atoms with Crippen LogP contribution in [0.5, 0.6) is 0 Å². The van der Waals surface area contributed by atoms with Crippen molar-refractivity contribution in [1.29, 1.82) is 0 Å². The van der Waals surface area contributed by atoms with Gasteiger partial charge in [0.2, 0.25) is 5.89 Å². The van der Waals surface area contributed by atoms with Crippen molar-refractivity contribution in [2.45, 2.75) is 0 Å². The first-order valence-corrected chi connectivity index (χ1v) is 5.75. The second-order valence-corrected chi connectivity index (χ2v) is 4.23. The highest BCUT2D eigenvalue weighted by atomic mass is 127. The summed E-state index contributed by atoms with van der Waals surface area (Å²) in [5.74, 6) is 0.578. The minimum Gasteiger partial charge on any atom is -0.418 e. The minimum atomic E-state index is 0.526. The smallest absolute Gasteiger partial charge is 0.251 e. The number of nitrogens with zero attached hydrogens (tertiary/aromatic N) is 3. The van der Waals surface area contributed by atoms with Gasteiger partial charge in [-0.2, -0.15) is 4.98 Å². The van der Waals surface area contributed by atoms with E-state index in [0.717, 1.165) is 9.26 Å². The molecule has 0 amide bonds. The number of halogens is 1. The van der Waals surface area contributed by atoms with Gasteiger partial charge in [0.1, 0.15) is 10.0 Å². The van der Waals surface area contributed by atoms with Gasteiger partial charge in [-0.05, 0) is 34.7 Å². The fourth-order valence-electron chi connectivity index (χ4n) is 1.43. The van der Waals surface area contributed by atoms with E-state index < -0.39 is 0 Å². The Kier molecular flexibility index (Phi) is 2.32. The van der Waals surface area contributed by atoms with E-state index in [4.69, 9.17) is 4.42 Å². The first-order chi connectivity index (χ1) is 7.84. The van der Waals surface area contributed by atoms with Crippen LogP contribution < -0.4 is 0 Å². The maximum absolute atomic E-state index is 5.57. The quantitative estimate of drug-likeness (QED) is 0.510. The Labute approximate surface area is 105 Å². The van der Waals surface area contributed by atoms with Crippen LogP contribution in [-0.2, 0) is 0 Å². The predicted molar refractivity (Wildman–Crippen MR) is 67.8 cm³/mol. The van der Waals surface area contributed by atoms with Crippen molar-refractivity contribution < 1.29 is 4.42 Å². The molecule has 0 radical (unpaired) electrons. The second-order valence-electron chi connectivity index (χ2n) is 3.20. The van der Waals surface area contributed by atoms with Gasteiger partial charge in [0.25, 0.3) is 5.71 Å². The summed E-state index contributed by atoms with van der Waals surface area (Å²) in [5.41, 5.74) is 2.18. The number of oxazole rings is 1. The lowest BCUT2D eigenvalue weighted by Gasteiger charge is -1.91. The number of hydrogen-bond acceptors (Lipinski definition) is 4. The fraction of sp³-hybridized carbons (Fsp3) is 0. The van der Waals surface area contributed by atoms with Crippen molar-refractivity contribution in [3.05, 3.63) is 40.4 Å². The molecule has 5 heteroatoms. The Bertz CT molecular complexity index is 636. The van der Waals surface area contributed by atoms with E-state index in [9.17, 15) is 0 Å². The van der Waals surface area contributed by atoms with Crippen LogP contribution in [0.25, 0.3) is 22.7 Å². The number of aromatic nitrogens is 3. The summed E-state index contributed by atoms with van der Waals surface area (Å²) < 4.78 is 6.37. The van der Waals surface area contributed by atoms with Crippen molar-refractivity contribution in [3.63, 3.8) is 0 Å². The summed E-state index contributed by atoms with van der Waals surface area (Å²) in [7, 11) is 0. The molecule has 0 saturated heterocycles. The number of fused-ring (bicyclic) bond motifs is 1. The number of rotatable bonds is 1. The van der Waals surface area contributed by atoms with Gasteiger partial charge in [-0.3, -0.25) is 0 Å². The van der Waals surface area contributed by atoms with Gasteiger partial charge < -0.3 is 4.42 Å². The number of hydrogen-bond donors (Lipinski definition) is 0. The van der Waals surface area contributed by atoms with Gasteiger partial charge in [0.15, 0.2) is 5.52 Å². The Morgan fingerprint density at radius 3 is 2.62 bits per heavy atom. The Morgan fingerprint density at radius 2 is 1.88 bits per heavy atom. The molecule has 0 bridgehead atoms. The van der Waals surface area contributed by atoms with Crippen molar-refractivity contribution in [2.24, 2.45) is 0 Å². The van der Waals surface area contributed by atoms with Gasteiger partial charge >= 0.3 is 0 Å². The zero-order chi connectivity index (χ0) is 11.0. The van der Waals surface area contributed by atoms with Crippen LogP contribution in [0.1, 0.15) is 0 Å². The SMILES string of the molecule is Ic1ncnc2oc(-c3ccccc3)nc12. The summed E-state index contributed by atoms with van der Waals surface area (Å²) in [6.07, 6.45) is 1.48.